The molecule has 3 heterocycles. The lowest BCUT2D eigenvalue weighted by molar-refractivity contribution is -0.138. The fourth-order valence-corrected chi connectivity index (χ4v) is 5.74. The largest absolute Gasteiger partial charge is 0.416 e. The zero-order chi connectivity index (χ0) is 30.6. The molecule has 1 saturated heterocycles. The number of thiophene rings is 1. The van der Waals surface area contributed by atoms with Crippen LogP contribution in [0.15, 0.2) is 72.4 Å². The van der Waals surface area contributed by atoms with Crippen LogP contribution in [0, 0.1) is 0 Å². The van der Waals surface area contributed by atoms with Crippen LogP contribution in [0.3, 0.4) is 0 Å². The average Bonchev–Trinajstić information content (AvgIpc) is 3.54. The first-order chi connectivity index (χ1) is 20.6. The number of nitrogens with zero attached hydrogens (tertiary/aromatic N) is 3. The van der Waals surface area contributed by atoms with Crippen molar-refractivity contribution in [3.8, 4) is 10.4 Å². The van der Waals surface area contributed by atoms with E-state index in [1.54, 1.807) is 12.3 Å². The molecule has 2 aromatic carbocycles. The summed E-state index contributed by atoms with van der Waals surface area (Å²) in [7, 11) is 0. The highest BCUT2D eigenvalue weighted by Gasteiger charge is 2.34. The molecule has 1 aliphatic heterocycles. The van der Waals surface area contributed by atoms with Gasteiger partial charge in [-0.15, -0.1) is 11.3 Å². The molecule has 4 aromatic rings. The highest BCUT2D eigenvalue weighted by molar-refractivity contribution is 7.13. The van der Waals surface area contributed by atoms with E-state index in [-0.39, 0.29) is 34.1 Å². The fourth-order valence-electron chi connectivity index (χ4n) is 4.86. The Kier molecular flexibility index (Phi) is 9.46. The van der Waals surface area contributed by atoms with Crippen molar-refractivity contribution in [3.63, 3.8) is 0 Å². The number of hydrogen-bond acceptors (Lipinski definition) is 6. The van der Waals surface area contributed by atoms with Gasteiger partial charge in [0.05, 0.1) is 21.8 Å². The third-order valence-corrected chi connectivity index (χ3v) is 8.51. The maximum absolute atomic E-state index is 14.0. The highest BCUT2D eigenvalue weighted by atomic mass is 35.5. The number of rotatable bonds is 8. The van der Waals surface area contributed by atoms with Gasteiger partial charge in [-0.1, -0.05) is 30.7 Å². The third kappa shape index (κ3) is 7.61. The van der Waals surface area contributed by atoms with E-state index in [2.05, 4.69) is 27.4 Å². The van der Waals surface area contributed by atoms with Crippen LogP contribution in [-0.2, 0) is 12.7 Å². The molecule has 0 bridgehead atoms. The van der Waals surface area contributed by atoms with Crippen LogP contribution < -0.4 is 10.6 Å². The molecule has 12 heteroatoms. The van der Waals surface area contributed by atoms with Crippen molar-refractivity contribution in [2.75, 3.05) is 43.4 Å². The second-order valence-electron chi connectivity index (χ2n) is 10.1. The van der Waals surface area contributed by atoms with Crippen LogP contribution >= 0.6 is 22.9 Å². The monoisotopic (exact) mass is 627 g/mol. The number of benzene rings is 2. The van der Waals surface area contributed by atoms with E-state index in [1.807, 2.05) is 22.4 Å². The van der Waals surface area contributed by atoms with E-state index in [0.717, 1.165) is 36.1 Å². The quantitative estimate of drug-likeness (QED) is 0.217. The minimum Gasteiger partial charge on any atom is -0.322 e. The second kappa shape index (κ2) is 13.3. The number of likely N-dealkylation sites (N-methyl/N-ethyl adjacent to an activating group) is 1. The summed E-state index contributed by atoms with van der Waals surface area (Å²) in [5.41, 5.74) is 0.741. The van der Waals surface area contributed by atoms with Crippen molar-refractivity contribution in [3.05, 3.63) is 99.6 Å². The maximum Gasteiger partial charge on any atom is 0.416 e. The Morgan fingerprint density at radius 3 is 2.37 bits per heavy atom. The van der Waals surface area contributed by atoms with Crippen molar-refractivity contribution in [1.29, 1.82) is 0 Å². The molecule has 0 radical (unpaired) electrons. The second-order valence-corrected chi connectivity index (χ2v) is 11.5. The Balaban J connectivity index is 1.29. The number of anilines is 2. The van der Waals surface area contributed by atoms with Crippen molar-refractivity contribution in [1.82, 2.24) is 14.8 Å². The van der Waals surface area contributed by atoms with Gasteiger partial charge >= 0.3 is 6.18 Å². The Hall–Kier alpha value is -3.77. The van der Waals surface area contributed by atoms with Crippen LogP contribution in [0.5, 0.6) is 0 Å². The van der Waals surface area contributed by atoms with Crippen LogP contribution in [0.2, 0.25) is 5.02 Å². The van der Waals surface area contributed by atoms with Crippen LogP contribution in [0.4, 0.5) is 24.5 Å². The molecule has 0 spiro atoms. The number of pyridine rings is 1. The van der Waals surface area contributed by atoms with Gasteiger partial charge in [0.25, 0.3) is 11.8 Å². The molecule has 0 saturated carbocycles. The normalized spacial score (nSPS) is 14.4. The molecule has 5 rings (SSSR count). The molecule has 2 N–H and O–H groups in total. The number of carbonyl (C=O) groups is 2. The molecule has 0 atom stereocenters. The molecular weight excluding hydrogens is 599 g/mol. The average molecular weight is 628 g/mol. The van der Waals surface area contributed by atoms with Gasteiger partial charge in [-0.05, 0) is 60.0 Å². The standard InChI is InChI=1S/C31H29ClF3N5O2S/c1-2-39-9-11-40(12-10-39)19-21-5-7-24(16-25(21)31(33,34)35)37-29(41)20-6-8-26(32)27(15-20)38-30(42)23-14-22(17-36-18-23)28-4-3-13-43-28/h3-8,13-18H,2,9-12,19H2,1H3,(H,37,41)(H,38,42). The Labute approximate surface area is 256 Å². The smallest absolute Gasteiger partial charge is 0.322 e. The van der Waals surface area contributed by atoms with Gasteiger partial charge in [-0.3, -0.25) is 19.5 Å². The van der Waals surface area contributed by atoms with E-state index in [4.69, 9.17) is 11.6 Å². The first kappa shape index (κ1) is 30.7. The van der Waals surface area contributed by atoms with Gasteiger partial charge in [0.2, 0.25) is 0 Å². The zero-order valence-electron chi connectivity index (χ0n) is 23.2. The zero-order valence-corrected chi connectivity index (χ0v) is 24.8. The summed E-state index contributed by atoms with van der Waals surface area (Å²) in [5.74, 6) is -1.13. The number of nitrogens with one attached hydrogen (secondary N) is 2. The minimum absolute atomic E-state index is 0.00822. The van der Waals surface area contributed by atoms with Crippen LogP contribution in [0.1, 0.15) is 38.8 Å². The first-order valence-electron chi connectivity index (χ1n) is 13.7. The van der Waals surface area contributed by atoms with E-state index in [1.165, 1.54) is 47.9 Å². The van der Waals surface area contributed by atoms with Gasteiger partial charge in [0.15, 0.2) is 0 Å². The third-order valence-electron chi connectivity index (χ3n) is 7.26. The van der Waals surface area contributed by atoms with Gasteiger partial charge in [0.1, 0.15) is 0 Å². The number of alkyl halides is 3. The number of hydrogen-bond donors (Lipinski definition) is 2. The summed E-state index contributed by atoms with van der Waals surface area (Å²) >= 11 is 7.81. The molecule has 1 aliphatic rings. The van der Waals surface area contributed by atoms with Crippen LogP contribution in [0.25, 0.3) is 10.4 Å². The van der Waals surface area contributed by atoms with Crippen molar-refractivity contribution in [2.45, 2.75) is 19.6 Å². The number of carbonyl (C=O) groups excluding carboxylic acids is 2. The fraction of sp³-hybridized carbons (Fsp3) is 0.258. The van der Waals surface area contributed by atoms with E-state index in [0.29, 0.717) is 18.7 Å². The molecule has 0 aliphatic carbocycles. The van der Waals surface area contributed by atoms with Gasteiger partial charge in [-0.25, -0.2) is 0 Å². The Bertz CT molecular complexity index is 1610. The lowest BCUT2D eigenvalue weighted by Crippen LogP contribution is -2.45. The first-order valence-corrected chi connectivity index (χ1v) is 14.9. The molecule has 0 unspecified atom stereocenters. The summed E-state index contributed by atoms with van der Waals surface area (Å²) in [6.45, 7) is 6.16. The summed E-state index contributed by atoms with van der Waals surface area (Å²) < 4.78 is 42.1. The molecule has 224 valence electrons. The molecular formula is C31H29ClF3N5O2S. The SMILES string of the molecule is CCN1CCN(Cc2ccc(NC(=O)c3ccc(Cl)c(NC(=O)c4cncc(-c5cccs5)c4)c3)cc2C(F)(F)F)CC1. The molecule has 7 nitrogen and oxygen atoms in total. The summed E-state index contributed by atoms with van der Waals surface area (Å²) in [6, 6.07) is 13.6. The topological polar surface area (TPSA) is 77.6 Å². The van der Waals surface area contributed by atoms with Crippen molar-refractivity contribution < 1.29 is 22.8 Å². The Morgan fingerprint density at radius 1 is 0.930 bits per heavy atom. The summed E-state index contributed by atoms with van der Waals surface area (Å²) in [4.78, 5) is 35.4. The van der Waals surface area contributed by atoms with E-state index in [9.17, 15) is 22.8 Å². The minimum atomic E-state index is -4.59. The van der Waals surface area contributed by atoms with Gasteiger partial charge < -0.3 is 15.5 Å². The Morgan fingerprint density at radius 2 is 1.67 bits per heavy atom. The summed E-state index contributed by atoms with van der Waals surface area (Å²) in [6.07, 6.45) is -1.51. The maximum atomic E-state index is 14.0. The van der Waals surface area contributed by atoms with E-state index < -0.39 is 23.6 Å². The highest BCUT2D eigenvalue weighted by Crippen LogP contribution is 2.35. The lowest BCUT2D eigenvalue weighted by Gasteiger charge is -2.34. The van der Waals surface area contributed by atoms with Gasteiger partial charge in [-0.2, -0.15) is 13.2 Å². The number of amides is 2. The predicted octanol–water partition coefficient (Wildman–Crippen LogP) is 7.12. The number of halogens is 4. The van der Waals surface area contributed by atoms with Crippen LogP contribution in [-0.4, -0.2) is 59.3 Å². The van der Waals surface area contributed by atoms with Gasteiger partial charge in [0, 0.05) is 66.8 Å². The predicted molar refractivity (Wildman–Crippen MR) is 164 cm³/mol. The summed E-state index contributed by atoms with van der Waals surface area (Å²) in [5, 5.41) is 7.36. The molecule has 43 heavy (non-hydrogen) atoms. The molecule has 2 amide bonds. The van der Waals surface area contributed by atoms with Crippen molar-refractivity contribution in [2.24, 2.45) is 0 Å². The number of piperazine rings is 1. The van der Waals surface area contributed by atoms with E-state index >= 15 is 0 Å². The lowest BCUT2D eigenvalue weighted by atomic mass is 10.0. The number of aromatic nitrogens is 1. The molecule has 2 aromatic heterocycles. The molecule has 1 fully saturated rings. The van der Waals surface area contributed by atoms with Crippen molar-refractivity contribution >= 4 is 46.1 Å².